The highest BCUT2D eigenvalue weighted by Gasteiger charge is 2.21. The molecule has 7 nitrogen and oxygen atoms in total. The molecule has 0 saturated heterocycles. The van der Waals surface area contributed by atoms with Crippen LogP contribution in [0.2, 0.25) is 0 Å². The van der Waals surface area contributed by atoms with Gasteiger partial charge in [0.05, 0.1) is 11.5 Å². The minimum absolute atomic E-state index is 0.161. The van der Waals surface area contributed by atoms with Gasteiger partial charge in [-0.3, -0.25) is 4.72 Å². The molecule has 1 heterocycles. The summed E-state index contributed by atoms with van der Waals surface area (Å²) in [6, 6.07) is 6.65. The van der Waals surface area contributed by atoms with Gasteiger partial charge < -0.3 is 9.47 Å². The van der Waals surface area contributed by atoms with E-state index in [1.807, 2.05) is 0 Å². The van der Waals surface area contributed by atoms with E-state index < -0.39 is 10.0 Å². The minimum Gasteiger partial charge on any atom is -0.380 e. The molecule has 2 aromatic rings. The molecule has 0 bridgehead atoms. The molecule has 0 aliphatic heterocycles. The molecule has 0 spiro atoms. The zero-order valence-electron chi connectivity index (χ0n) is 12.4. The fourth-order valence-corrected chi connectivity index (χ4v) is 3.85. The Bertz CT molecular complexity index is 730. The van der Waals surface area contributed by atoms with Gasteiger partial charge in [0.15, 0.2) is 5.82 Å². The number of hydrogen-bond acceptors (Lipinski definition) is 7. The van der Waals surface area contributed by atoms with Crippen molar-refractivity contribution >= 4 is 26.7 Å². The van der Waals surface area contributed by atoms with E-state index in [4.69, 9.17) is 9.47 Å². The van der Waals surface area contributed by atoms with E-state index in [0.717, 1.165) is 11.5 Å². The van der Waals surface area contributed by atoms with Gasteiger partial charge in [-0.15, -0.1) is 0 Å². The van der Waals surface area contributed by atoms with Crippen LogP contribution < -0.4 is 4.72 Å². The fourth-order valence-electron chi connectivity index (χ4n) is 1.76. The smallest absolute Gasteiger partial charge is 0.264 e. The first-order valence-electron chi connectivity index (χ1n) is 6.44. The van der Waals surface area contributed by atoms with Crippen molar-refractivity contribution in [2.45, 2.75) is 24.5 Å². The molecule has 1 aromatic carbocycles. The third-order valence-electron chi connectivity index (χ3n) is 2.94. The molecule has 0 amide bonds. The number of aromatic nitrogens is 2. The highest BCUT2D eigenvalue weighted by atomic mass is 32.2. The second-order valence-corrected chi connectivity index (χ2v) is 6.88. The van der Waals surface area contributed by atoms with Crippen LogP contribution >= 0.6 is 11.5 Å². The quantitative estimate of drug-likeness (QED) is 0.829. The second-order valence-electron chi connectivity index (χ2n) is 4.48. The Morgan fingerprint density at radius 1 is 1.32 bits per heavy atom. The van der Waals surface area contributed by atoms with E-state index in [2.05, 4.69) is 14.1 Å². The summed E-state index contributed by atoms with van der Waals surface area (Å²) in [5, 5.41) is 0.200. The summed E-state index contributed by atoms with van der Waals surface area (Å²) >= 11 is 0.971. The Kier molecular flexibility index (Phi) is 5.46. The van der Waals surface area contributed by atoms with Gasteiger partial charge in [-0.1, -0.05) is 18.2 Å². The first kappa shape index (κ1) is 16.8. The molecule has 1 unspecified atom stereocenters. The third-order valence-corrected chi connectivity index (χ3v) is 5.16. The van der Waals surface area contributed by atoms with Crippen molar-refractivity contribution < 1.29 is 17.9 Å². The number of nitrogens with one attached hydrogen (secondary N) is 1. The van der Waals surface area contributed by atoms with E-state index in [0.29, 0.717) is 11.4 Å². The van der Waals surface area contributed by atoms with Crippen LogP contribution in [-0.2, 0) is 26.1 Å². The van der Waals surface area contributed by atoms with Crippen LogP contribution in [0, 0.1) is 0 Å². The molecule has 1 aromatic heterocycles. The molecule has 0 aliphatic rings. The summed E-state index contributed by atoms with van der Waals surface area (Å²) in [5.74, 6) is 0.440. The van der Waals surface area contributed by atoms with E-state index in [-0.39, 0.29) is 22.7 Å². The van der Waals surface area contributed by atoms with Crippen molar-refractivity contribution in [3.8, 4) is 0 Å². The Balaban J connectivity index is 2.26. The van der Waals surface area contributed by atoms with Crippen LogP contribution in [0.15, 0.2) is 29.2 Å². The zero-order chi connectivity index (χ0) is 16.2. The molecule has 0 fully saturated rings. The minimum atomic E-state index is -3.75. The molecule has 0 radical (unpaired) electrons. The average molecular weight is 343 g/mol. The summed E-state index contributed by atoms with van der Waals surface area (Å²) in [4.78, 5) is 4.29. The van der Waals surface area contributed by atoms with Gasteiger partial charge in [0.1, 0.15) is 6.10 Å². The molecule has 9 heteroatoms. The number of rotatable bonds is 7. The van der Waals surface area contributed by atoms with Gasteiger partial charge in [-0.2, -0.15) is 9.36 Å². The lowest BCUT2D eigenvalue weighted by Crippen LogP contribution is -2.15. The SMILES string of the molecule is COCc1ccccc1S(=O)(=O)Nc1nc(C(C)OC)ns1. The predicted octanol–water partition coefficient (Wildman–Crippen LogP) is 2.19. The summed E-state index contributed by atoms with van der Waals surface area (Å²) in [7, 11) is -0.696. The normalized spacial score (nSPS) is 13.0. The number of anilines is 1. The van der Waals surface area contributed by atoms with E-state index in [1.165, 1.54) is 20.3 Å². The van der Waals surface area contributed by atoms with Crippen molar-refractivity contribution in [1.29, 1.82) is 0 Å². The summed E-state index contributed by atoms with van der Waals surface area (Å²) in [6.07, 6.45) is -0.296. The summed E-state index contributed by atoms with van der Waals surface area (Å²) in [6.45, 7) is 1.99. The summed E-state index contributed by atoms with van der Waals surface area (Å²) < 4.78 is 41.6. The fraction of sp³-hybridized carbons (Fsp3) is 0.385. The molecule has 120 valence electrons. The Morgan fingerprint density at radius 2 is 2.05 bits per heavy atom. The lowest BCUT2D eigenvalue weighted by atomic mass is 10.2. The van der Waals surface area contributed by atoms with Gasteiger partial charge >= 0.3 is 0 Å². The Labute approximate surface area is 133 Å². The van der Waals surface area contributed by atoms with Gasteiger partial charge in [-0.25, -0.2) is 8.42 Å². The standard InChI is InChI=1S/C13H17N3O4S2/c1-9(20-3)12-14-13(21-15-12)16-22(17,18)11-7-5-4-6-10(11)8-19-2/h4-7,9H,8H2,1-3H3,(H,14,15,16). The first-order chi connectivity index (χ1) is 10.5. The number of ether oxygens (including phenoxy) is 2. The largest absolute Gasteiger partial charge is 0.380 e. The number of nitrogens with zero attached hydrogens (tertiary/aromatic N) is 2. The molecule has 0 saturated carbocycles. The van der Waals surface area contributed by atoms with Crippen LogP contribution in [0.3, 0.4) is 0 Å². The van der Waals surface area contributed by atoms with Crippen molar-refractivity contribution in [3.63, 3.8) is 0 Å². The number of hydrogen-bond donors (Lipinski definition) is 1. The maximum absolute atomic E-state index is 12.5. The molecule has 1 atom stereocenters. The molecular formula is C13H17N3O4S2. The van der Waals surface area contributed by atoms with Crippen LogP contribution in [0.25, 0.3) is 0 Å². The molecule has 0 aliphatic carbocycles. The Hall–Kier alpha value is -1.55. The lowest BCUT2D eigenvalue weighted by molar-refractivity contribution is 0.113. The number of sulfonamides is 1. The van der Waals surface area contributed by atoms with Crippen molar-refractivity contribution in [2.75, 3.05) is 18.9 Å². The number of methoxy groups -OCH3 is 2. The van der Waals surface area contributed by atoms with Crippen LogP contribution in [-0.4, -0.2) is 32.0 Å². The highest BCUT2D eigenvalue weighted by molar-refractivity contribution is 7.93. The molecule has 2 rings (SSSR count). The zero-order valence-corrected chi connectivity index (χ0v) is 14.1. The van der Waals surface area contributed by atoms with Crippen LogP contribution in [0.4, 0.5) is 5.13 Å². The van der Waals surface area contributed by atoms with Crippen LogP contribution in [0.1, 0.15) is 24.4 Å². The average Bonchev–Trinajstić information content (AvgIpc) is 2.95. The first-order valence-corrected chi connectivity index (χ1v) is 8.69. The molecule has 22 heavy (non-hydrogen) atoms. The van der Waals surface area contributed by atoms with E-state index in [1.54, 1.807) is 25.1 Å². The number of benzene rings is 1. The second kappa shape index (κ2) is 7.14. The van der Waals surface area contributed by atoms with Crippen molar-refractivity contribution in [2.24, 2.45) is 0 Å². The van der Waals surface area contributed by atoms with Crippen LogP contribution in [0.5, 0.6) is 0 Å². The van der Waals surface area contributed by atoms with Crippen molar-refractivity contribution in [3.05, 3.63) is 35.7 Å². The van der Waals surface area contributed by atoms with Crippen molar-refractivity contribution in [1.82, 2.24) is 9.36 Å². The maximum atomic E-state index is 12.5. The van der Waals surface area contributed by atoms with Gasteiger partial charge in [0.25, 0.3) is 10.0 Å². The third kappa shape index (κ3) is 3.80. The van der Waals surface area contributed by atoms with Gasteiger partial charge in [0.2, 0.25) is 5.13 Å². The topological polar surface area (TPSA) is 90.4 Å². The summed E-state index contributed by atoms with van der Waals surface area (Å²) in [5.41, 5.74) is 0.576. The molecular weight excluding hydrogens is 326 g/mol. The van der Waals surface area contributed by atoms with Gasteiger partial charge in [-0.05, 0) is 18.6 Å². The predicted molar refractivity (Wildman–Crippen MR) is 83.3 cm³/mol. The molecule has 1 N–H and O–H groups in total. The monoisotopic (exact) mass is 343 g/mol. The lowest BCUT2D eigenvalue weighted by Gasteiger charge is -2.09. The maximum Gasteiger partial charge on any atom is 0.264 e. The Morgan fingerprint density at radius 3 is 2.73 bits per heavy atom. The highest BCUT2D eigenvalue weighted by Crippen LogP contribution is 2.23. The van der Waals surface area contributed by atoms with E-state index >= 15 is 0 Å². The van der Waals surface area contributed by atoms with Gasteiger partial charge in [0, 0.05) is 25.8 Å². The van der Waals surface area contributed by atoms with E-state index in [9.17, 15) is 8.42 Å².